The number of aliphatic hydroxyl groups excluding tert-OH is 1. The van der Waals surface area contributed by atoms with Crippen LogP contribution in [0.15, 0.2) is 18.3 Å². The number of anilines is 1. The van der Waals surface area contributed by atoms with Crippen LogP contribution in [0, 0.1) is 0 Å². The molecule has 0 spiro atoms. The zero-order valence-corrected chi connectivity index (χ0v) is 10.9. The highest BCUT2D eigenvalue weighted by Crippen LogP contribution is 2.20. The predicted molar refractivity (Wildman–Crippen MR) is 70.8 cm³/mol. The first-order chi connectivity index (χ1) is 7.63. The number of aliphatic hydroxyl groups is 1. The molecule has 1 rings (SSSR count). The van der Waals surface area contributed by atoms with Gasteiger partial charge >= 0.3 is 0 Å². The van der Waals surface area contributed by atoms with E-state index in [1.807, 2.05) is 26.1 Å². The Kier molecular flexibility index (Phi) is 5.63. The van der Waals surface area contributed by atoms with Gasteiger partial charge < -0.3 is 10.4 Å². The average Bonchev–Trinajstić information content (AvgIpc) is 2.28. The summed E-state index contributed by atoms with van der Waals surface area (Å²) in [5, 5.41) is 12.8. The Morgan fingerprint density at radius 1 is 1.44 bits per heavy atom. The minimum atomic E-state index is -0.265. The summed E-state index contributed by atoms with van der Waals surface area (Å²) in [5.41, 5.74) is 1.19. The summed E-state index contributed by atoms with van der Waals surface area (Å²) in [7, 11) is 0. The first-order valence-electron chi connectivity index (χ1n) is 5.62. The average molecular weight is 240 g/mol. The highest BCUT2D eigenvalue weighted by molar-refractivity contribution is 7.99. The quantitative estimate of drug-likeness (QED) is 0.802. The minimum absolute atomic E-state index is 0.258. The van der Waals surface area contributed by atoms with E-state index < -0.39 is 0 Å². The SMILES string of the molecule is CCNc1ccc(CSC(C)C(C)O)cn1. The molecule has 0 saturated carbocycles. The predicted octanol–water partition coefficient (Wildman–Crippen LogP) is 2.52. The maximum atomic E-state index is 9.37. The van der Waals surface area contributed by atoms with Crippen molar-refractivity contribution in [3.05, 3.63) is 23.9 Å². The summed E-state index contributed by atoms with van der Waals surface area (Å²) in [5.74, 6) is 1.81. The van der Waals surface area contributed by atoms with Gasteiger partial charge in [0.05, 0.1) is 6.10 Å². The number of nitrogens with one attached hydrogen (secondary N) is 1. The second kappa shape index (κ2) is 6.76. The van der Waals surface area contributed by atoms with Crippen molar-refractivity contribution in [3.8, 4) is 0 Å². The molecule has 0 aliphatic heterocycles. The number of hydrogen-bond acceptors (Lipinski definition) is 4. The number of nitrogens with zero attached hydrogens (tertiary/aromatic N) is 1. The van der Waals surface area contributed by atoms with E-state index in [2.05, 4.69) is 23.3 Å². The van der Waals surface area contributed by atoms with Crippen molar-refractivity contribution in [1.29, 1.82) is 0 Å². The van der Waals surface area contributed by atoms with Crippen molar-refractivity contribution < 1.29 is 5.11 Å². The number of thioether (sulfide) groups is 1. The standard InChI is InChI=1S/C12H20N2OS/c1-4-13-12-6-5-11(7-14-12)8-16-10(3)9(2)15/h5-7,9-10,15H,4,8H2,1-3H3,(H,13,14). The van der Waals surface area contributed by atoms with E-state index >= 15 is 0 Å². The molecule has 0 radical (unpaired) electrons. The van der Waals surface area contributed by atoms with Gasteiger partial charge in [0, 0.05) is 23.7 Å². The molecule has 0 saturated heterocycles. The Hall–Kier alpha value is -0.740. The molecule has 90 valence electrons. The second-order valence-corrected chi connectivity index (χ2v) is 5.20. The molecule has 4 heteroatoms. The molecular formula is C12H20N2OS. The normalized spacial score (nSPS) is 14.5. The van der Waals surface area contributed by atoms with Crippen LogP contribution in [0.25, 0.3) is 0 Å². The number of hydrogen-bond donors (Lipinski definition) is 2. The largest absolute Gasteiger partial charge is 0.392 e. The Morgan fingerprint density at radius 2 is 2.19 bits per heavy atom. The third-order valence-corrected chi connectivity index (χ3v) is 3.79. The van der Waals surface area contributed by atoms with E-state index in [-0.39, 0.29) is 11.4 Å². The topological polar surface area (TPSA) is 45.1 Å². The Morgan fingerprint density at radius 3 is 2.69 bits per heavy atom. The first-order valence-corrected chi connectivity index (χ1v) is 6.66. The van der Waals surface area contributed by atoms with Crippen molar-refractivity contribution in [3.63, 3.8) is 0 Å². The third-order valence-electron chi connectivity index (χ3n) is 2.37. The fourth-order valence-corrected chi connectivity index (χ4v) is 2.07. The van der Waals surface area contributed by atoms with E-state index in [0.717, 1.165) is 18.1 Å². The van der Waals surface area contributed by atoms with Gasteiger partial charge in [0.2, 0.25) is 0 Å². The van der Waals surface area contributed by atoms with E-state index in [9.17, 15) is 5.11 Å². The van der Waals surface area contributed by atoms with Crippen LogP contribution >= 0.6 is 11.8 Å². The summed E-state index contributed by atoms with van der Waals surface area (Å²) in [4.78, 5) is 4.30. The van der Waals surface area contributed by atoms with Crippen molar-refractivity contribution >= 4 is 17.6 Å². The molecule has 0 amide bonds. The van der Waals surface area contributed by atoms with E-state index in [4.69, 9.17) is 0 Å². The fourth-order valence-electron chi connectivity index (χ4n) is 1.16. The smallest absolute Gasteiger partial charge is 0.125 e. The lowest BCUT2D eigenvalue weighted by Crippen LogP contribution is -2.15. The molecular weight excluding hydrogens is 220 g/mol. The zero-order valence-electron chi connectivity index (χ0n) is 10.1. The molecule has 0 bridgehead atoms. The van der Waals surface area contributed by atoms with Crippen molar-refractivity contribution in [2.24, 2.45) is 0 Å². The highest BCUT2D eigenvalue weighted by atomic mass is 32.2. The van der Waals surface area contributed by atoms with Crippen LogP contribution in [0.5, 0.6) is 0 Å². The molecule has 0 aliphatic carbocycles. The molecule has 0 fully saturated rings. The molecule has 2 atom stereocenters. The number of pyridine rings is 1. The summed E-state index contributed by atoms with van der Waals surface area (Å²) in [6, 6.07) is 4.07. The fraction of sp³-hybridized carbons (Fsp3) is 0.583. The van der Waals surface area contributed by atoms with Crippen LogP contribution in [0.1, 0.15) is 26.3 Å². The molecule has 1 aromatic rings. The molecule has 2 N–H and O–H groups in total. The van der Waals surface area contributed by atoms with Gasteiger partial charge in [-0.15, -0.1) is 0 Å². The minimum Gasteiger partial charge on any atom is -0.392 e. The van der Waals surface area contributed by atoms with Crippen LogP contribution in [0.4, 0.5) is 5.82 Å². The van der Waals surface area contributed by atoms with Crippen LogP contribution in [-0.4, -0.2) is 28.0 Å². The summed E-state index contributed by atoms with van der Waals surface area (Å²) in [6.07, 6.45) is 1.62. The molecule has 3 nitrogen and oxygen atoms in total. The van der Waals surface area contributed by atoms with Crippen LogP contribution < -0.4 is 5.32 Å². The molecule has 0 aliphatic rings. The van der Waals surface area contributed by atoms with Gasteiger partial charge in [0.15, 0.2) is 0 Å². The molecule has 1 heterocycles. The van der Waals surface area contributed by atoms with Gasteiger partial charge in [-0.05, 0) is 25.5 Å². The van der Waals surface area contributed by atoms with Crippen molar-refractivity contribution in [1.82, 2.24) is 4.98 Å². The van der Waals surface area contributed by atoms with Crippen molar-refractivity contribution in [2.45, 2.75) is 37.9 Å². The number of aromatic nitrogens is 1. The maximum Gasteiger partial charge on any atom is 0.125 e. The Balaban J connectivity index is 2.43. The van der Waals surface area contributed by atoms with E-state index in [1.165, 1.54) is 5.56 Å². The van der Waals surface area contributed by atoms with Gasteiger partial charge in [-0.3, -0.25) is 0 Å². The summed E-state index contributed by atoms with van der Waals surface area (Å²) < 4.78 is 0. The maximum absolute atomic E-state index is 9.37. The lowest BCUT2D eigenvalue weighted by atomic mass is 10.3. The molecule has 2 unspecified atom stereocenters. The van der Waals surface area contributed by atoms with Gasteiger partial charge in [-0.25, -0.2) is 4.98 Å². The monoisotopic (exact) mass is 240 g/mol. The first kappa shape index (κ1) is 13.3. The Labute approximate surface area is 102 Å². The second-order valence-electron chi connectivity index (χ2n) is 3.84. The molecule has 16 heavy (non-hydrogen) atoms. The van der Waals surface area contributed by atoms with E-state index in [1.54, 1.807) is 11.8 Å². The van der Waals surface area contributed by atoms with Crippen LogP contribution in [-0.2, 0) is 5.75 Å². The van der Waals surface area contributed by atoms with Gasteiger partial charge in [-0.1, -0.05) is 13.0 Å². The highest BCUT2D eigenvalue weighted by Gasteiger charge is 2.08. The molecule has 1 aromatic heterocycles. The van der Waals surface area contributed by atoms with Gasteiger partial charge in [-0.2, -0.15) is 11.8 Å². The summed E-state index contributed by atoms with van der Waals surface area (Å²) in [6.45, 7) is 6.80. The zero-order chi connectivity index (χ0) is 12.0. The Bertz CT molecular complexity index is 300. The van der Waals surface area contributed by atoms with Gasteiger partial charge in [0.1, 0.15) is 5.82 Å². The van der Waals surface area contributed by atoms with E-state index in [0.29, 0.717) is 0 Å². The molecule has 0 aromatic carbocycles. The summed E-state index contributed by atoms with van der Waals surface area (Å²) >= 11 is 1.75. The third kappa shape index (κ3) is 4.41. The van der Waals surface area contributed by atoms with Gasteiger partial charge in [0.25, 0.3) is 0 Å². The lowest BCUT2D eigenvalue weighted by molar-refractivity contribution is 0.196. The van der Waals surface area contributed by atoms with Crippen molar-refractivity contribution in [2.75, 3.05) is 11.9 Å². The number of rotatable bonds is 6. The van der Waals surface area contributed by atoms with Crippen LogP contribution in [0.2, 0.25) is 0 Å². The lowest BCUT2D eigenvalue weighted by Gasteiger charge is -2.13. The van der Waals surface area contributed by atoms with Crippen LogP contribution in [0.3, 0.4) is 0 Å².